The van der Waals surface area contributed by atoms with Crippen molar-refractivity contribution < 1.29 is 5.11 Å². The molecule has 3 N–H and O–H groups in total. The lowest BCUT2D eigenvalue weighted by Crippen LogP contribution is -2.19. The van der Waals surface area contributed by atoms with Crippen molar-refractivity contribution in [3.05, 3.63) is 27.2 Å². The number of nitrogens with two attached hydrogens (primary N) is 1. The maximum Gasteiger partial charge on any atom is 0.122 e. The van der Waals surface area contributed by atoms with Gasteiger partial charge in [0.05, 0.1) is 0 Å². The van der Waals surface area contributed by atoms with E-state index in [0.717, 1.165) is 21.2 Å². The van der Waals surface area contributed by atoms with Gasteiger partial charge in [0.1, 0.15) is 5.75 Å². The van der Waals surface area contributed by atoms with Gasteiger partial charge in [0, 0.05) is 10.5 Å². The lowest BCUT2D eigenvalue weighted by atomic mass is 9.93. The minimum absolute atomic E-state index is 0.0545. The Kier molecular flexibility index (Phi) is 4.39. The molecule has 0 aromatic heterocycles. The predicted octanol–water partition coefficient (Wildman–Crippen LogP) is 3.48. The van der Waals surface area contributed by atoms with Crippen molar-refractivity contribution in [2.45, 2.75) is 46.1 Å². The molecule has 1 atom stereocenters. The van der Waals surface area contributed by atoms with Crippen molar-refractivity contribution in [3.63, 3.8) is 0 Å². The SMILES string of the molecule is Cc1c(Br)cc(C(C)C)c(O)c1CC(C)N. The number of phenols is 1. The fourth-order valence-electron chi connectivity index (χ4n) is 1.82. The molecule has 1 aromatic carbocycles. The summed E-state index contributed by atoms with van der Waals surface area (Å²) < 4.78 is 1.05. The summed E-state index contributed by atoms with van der Waals surface area (Å²) in [5, 5.41) is 10.2. The van der Waals surface area contributed by atoms with E-state index in [0.29, 0.717) is 18.1 Å². The number of hydrogen-bond donors (Lipinski definition) is 2. The molecule has 0 spiro atoms. The highest BCUT2D eigenvalue weighted by Gasteiger charge is 2.16. The molecule has 16 heavy (non-hydrogen) atoms. The van der Waals surface area contributed by atoms with Gasteiger partial charge in [-0.1, -0.05) is 29.8 Å². The Balaban J connectivity index is 3.33. The largest absolute Gasteiger partial charge is 0.507 e. The van der Waals surface area contributed by atoms with Crippen molar-refractivity contribution in [1.29, 1.82) is 0 Å². The van der Waals surface area contributed by atoms with Gasteiger partial charge in [0.25, 0.3) is 0 Å². The zero-order valence-electron chi connectivity index (χ0n) is 10.3. The van der Waals surface area contributed by atoms with E-state index >= 15 is 0 Å². The molecule has 0 saturated carbocycles. The van der Waals surface area contributed by atoms with Gasteiger partial charge in [0.15, 0.2) is 0 Å². The topological polar surface area (TPSA) is 46.2 Å². The molecule has 0 aliphatic carbocycles. The summed E-state index contributed by atoms with van der Waals surface area (Å²) in [4.78, 5) is 0. The molecule has 0 saturated heterocycles. The van der Waals surface area contributed by atoms with Gasteiger partial charge in [-0.2, -0.15) is 0 Å². The van der Waals surface area contributed by atoms with Crippen molar-refractivity contribution in [2.75, 3.05) is 0 Å². The van der Waals surface area contributed by atoms with Crippen LogP contribution in [0.5, 0.6) is 5.75 Å². The van der Waals surface area contributed by atoms with Crippen molar-refractivity contribution >= 4 is 15.9 Å². The second-order valence-corrected chi connectivity index (χ2v) is 5.59. The zero-order chi connectivity index (χ0) is 12.5. The zero-order valence-corrected chi connectivity index (χ0v) is 11.9. The fraction of sp³-hybridized carbons (Fsp3) is 0.538. The minimum atomic E-state index is 0.0545. The number of hydrogen-bond acceptors (Lipinski definition) is 2. The van der Waals surface area contributed by atoms with Crippen LogP contribution in [-0.2, 0) is 6.42 Å². The van der Waals surface area contributed by atoms with Gasteiger partial charge in [-0.25, -0.2) is 0 Å². The number of rotatable bonds is 3. The highest BCUT2D eigenvalue weighted by atomic mass is 79.9. The summed E-state index contributed by atoms with van der Waals surface area (Å²) in [7, 11) is 0. The van der Waals surface area contributed by atoms with Crippen LogP contribution in [0.3, 0.4) is 0 Å². The van der Waals surface area contributed by atoms with Crippen molar-refractivity contribution in [1.82, 2.24) is 0 Å². The summed E-state index contributed by atoms with van der Waals surface area (Å²) in [6.07, 6.45) is 0.705. The molecule has 0 radical (unpaired) electrons. The normalized spacial score (nSPS) is 13.2. The standard InChI is InChI=1S/C13H20BrNO/c1-7(2)10-6-12(14)9(4)11(13(10)16)5-8(3)15/h6-8,16H,5,15H2,1-4H3. The van der Waals surface area contributed by atoms with Gasteiger partial charge in [-0.3, -0.25) is 0 Å². The second-order valence-electron chi connectivity index (χ2n) is 4.74. The Morgan fingerprint density at radius 3 is 2.38 bits per heavy atom. The van der Waals surface area contributed by atoms with E-state index < -0.39 is 0 Å². The first-order valence-electron chi connectivity index (χ1n) is 5.61. The molecular formula is C13H20BrNO. The third-order valence-corrected chi connectivity index (χ3v) is 3.62. The lowest BCUT2D eigenvalue weighted by Gasteiger charge is -2.18. The van der Waals surface area contributed by atoms with Crippen LogP contribution in [-0.4, -0.2) is 11.1 Å². The Labute approximate surface area is 106 Å². The van der Waals surface area contributed by atoms with E-state index in [2.05, 4.69) is 29.8 Å². The van der Waals surface area contributed by atoms with Crippen molar-refractivity contribution in [3.8, 4) is 5.75 Å². The van der Waals surface area contributed by atoms with E-state index in [9.17, 15) is 5.11 Å². The van der Waals surface area contributed by atoms with E-state index in [1.54, 1.807) is 0 Å². The van der Waals surface area contributed by atoms with Gasteiger partial charge in [0.2, 0.25) is 0 Å². The monoisotopic (exact) mass is 285 g/mol. The van der Waals surface area contributed by atoms with E-state index in [-0.39, 0.29) is 6.04 Å². The first kappa shape index (κ1) is 13.5. The Bertz CT molecular complexity index is 386. The molecule has 2 nitrogen and oxygen atoms in total. The van der Waals surface area contributed by atoms with E-state index in [1.807, 2.05) is 19.9 Å². The molecule has 1 unspecified atom stereocenters. The summed E-state index contributed by atoms with van der Waals surface area (Å²) in [6, 6.07) is 2.05. The smallest absolute Gasteiger partial charge is 0.122 e. The molecule has 0 aliphatic heterocycles. The minimum Gasteiger partial charge on any atom is -0.507 e. The fourth-order valence-corrected chi connectivity index (χ4v) is 2.31. The molecule has 0 fully saturated rings. The maximum absolute atomic E-state index is 10.2. The van der Waals surface area contributed by atoms with Gasteiger partial charge < -0.3 is 10.8 Å². The van der Waals surface area contributed by atoms with Crippen LogP contribution in [0.2, 0.25) is 0 Å². The highest BCUT2D eigenvalue weighted by Crippen LogP contribution is 2.36. The molecule has 0 aliphatic rings. The van der Waals surface area contributed by atoms with E-state index in [1.165, 1.54) is 0 Å². The van der Waals surface area contributed by atoms with Crippen LogP contribution in [0, 0.1) is 6.92 Å². The molecule has 0 amide bonds. The molecular weight excluding hydrogens is 266 g/mol. The molecule has 0 heterocycles. The first-order chi connectivity index (χ1) is 7.34. The van der Waals surface area contributed by atoms with Crippen LogP contribution < -0.4 is 5.73 Å². The first-order valence-corrected chi connectivity index (χ1v) is 6.40. The van der Waals surface area contributed by atoms with E-state index in [4.69, 9.17) is 5.73 Å². The maximum atomic E-state index is 10.2. The summed E-state index contributed by atoms with van der Waals surface area (Å²) in [5.41, 5.74) is 8.84. The average molecular weight is 286 g/mol. The highest BCUT2D eigenvalue weighted by molar-refractivity contribution is 9.10. The van der Waals surface area contributed by atoms with Crippen LogP contribution in [0.15, 0.2) is 10.5 Å². The molecule has 1 aromatic rings. The van der Waals surface area contributed by atoms with Gasteiger partial charge in [-0.05, 0) is 48.9 Å². The van der Waals surface area contributed by atoms with Gasteiger partial charge in [-0.15, -0.1) is 0 Å². The third-order valence-electron chi connectivity index (χ3n) is 2.80. The number of aromatic hydroxyl groups is 1. The quantitative estimate of drug-likeness (QED) is 0.893. The Morgan fingerprint density at radius 1 is 1.38 bits per heavy atom. The molecule has 0 bridgehead atoms. The molecule has 3 heteroatoms. The summed E-state index contributed by atoms with van der Waals surface area (Å²) >= 11 is 3.54. The third kappa shape index (κ3) is 2.77. The molecule has 1 rings (SSSR count). The van der Waals surface area contributed by atoms with Crippen LogP contribution in [0.25, 0.3) is 0 Å². The molecule has 90 valence electrons. The summed E-state index contributed by atoms with van der Waals surface area (Å²) in [5.74, 6) is 0.719. The van der Waals surface area contributed by atoms with Crippen LogP contribution >= 0.6 is 15.9 Å². The average Bonchev–Trinajstić information content (AvgIpc) is 2.17. The predicted molar refractivity (Wildman–Crippen MR) is 72.0 cm³/mol. The lowest BCUT2D eigenvalue weighted by molar-refractivity contribution is 0.454. The number of halogens is 1. The van der Waals surface area contributed by atoms with Crippen molar-refractivity contribution in [2.24, 2.45) is 5.73 Å². The number of benzene rings is 1. The number of phenolic OH excluding ortho intramolecular Hbond substituents is 1. The summed E-state index contributed by atoms with van der Waals surface area (Å²) in [6.45, 7) is 8.11. The Hall–Kier alpha value is -0.540. The van der Waals surface area contributed by atoms with Crippen LogP contribution in [0.1, 0.15) is 43.4 Å². The Morgan fingerprint density at radius 2 is 1.94 bits per heavy atom. The second kappa shape index (κ2) is 5.19. The van der Waals surface area contributed by atoms with Gasteiger partial charge >= 0.3 is 0 Å². The van der Waals surface area contributed by atoms with Crippen LogP contribution in [0.4, 0.5) is 0 Å².